The zero-order chi connectivity index (χ0) is 14.8. The van der Waals surface area contributed by atoms with E-state index in [1.165, 1.54) is 0 Å². The second-order valence-corrected chi connectivity index (χ2v) is 5.36. The number of carbonyl (C=O) groups is 1. The highest BCUT2D eigenvalue weighted by Crippen LogP contribution is 2.23. The second-order valence-electron chi connectivity index (χ2n) is 5.36. The van der Waals surface area contributed by atoms with Crippen molar-refractivity contribution in [3.8, 4) is 11.5 Å². The van der Waals surface area contributed by atoms with Gasteiger partial charge in [0, 0.05) is 5.56 Å². The number of ether oxygens (including phenoxy) is 1. The molecule has 0 bridgehead atoms. The van der Waals surface area contributed by atoms with Crippen molar-refractivity contribution in [1.29, 1.82) is 0 Å². The van der Waals surface area contributed by atoms with Crippen LogP contribution >= 0.6 is 0 Å². The Morgan fingerprint density at radius 1 is 1.30 bits per heavy atom. The molecule has 1 heterocycles. The van der Waals surface area contributed by atoms with Crippen LogP contribution in [0.2, 0.25) is 0 Å². The Morgan fingerprint density at radius 2 is 1.95 bits per heavy atom. The van der Waals surface area contributed by atoms with Crippen molar-refractivity contribution in [2.75, 3.05) is 0 Å². The van der Waals surface area contributed by atoms with Crippen molar-refractivity contribution in [2.45, 2.75) is 33.0 Å². The van der Waals surface area contributed by atoms with Gasteiger partial charge in [-0.2, -0.15) is 0 Å². The molecule has 106 valence electrons. The van der Waals surface area contributed by atoms with E-state index in [9.17, 15) is 9.90 Å². The average Bonchev–Trinajstić information content (AvgIpc) is 2.81. The summed E-state index contributed by atoms with van der Waals surface area (Å²) in [5.41, 5.74) is 0.250. The Balaban J connectivity index is 2.32. The van der Waals surface area contributed by atoms with Gasteiger partial charge in [-0.25, -0.2) is 9.78 Å². The Morgan fingerprint density at radius 3 is 2.50 bits per heavy atom. The summed E-state index contributed by atoms with van der Waals surface area (Å²) >= 11 is 0. The van der Waals surface area contributed by atoms with Crippen molar-refractivity contribution >= 4 is 5.97 Å². The number of rotatable bonds is 4. The average molecular weight is 275 g/mol. The Kier molecular flexibility index (Phi) is 3.90. The summed E-state index contributed by atoms with van der Waals surface area (Å²) in [6.07, 6.45) is 0. The minimum Gasteiger partial charge on any atom is -0.476 e. The van der Waals surface area contributed by atoms with Crippen LogP contribution in [0.4, 0.5) is 0 Å². The third kappa shape index (κ3) is 3.45. The van der Waals surface area contributed by atoms with E-state index in [-0.39, 0.29) is 29.6 Å². The maximum absolute atomic E-state index is 11.2. The Labute approximate surface area is 117 Å². The molecule has 1 N–H and O–H groups in total. The fourth-order valence-corrected chi connectivity index (χ4v) is 1.60. The number of aromatic nitrogens is 1. The largest absolute Gasteiger partial charge is 0.476 e. The highest BCUT2D eigenvalue weighted by molar-refractivity contribution is 5.87. The number of oxazole rings is 1. The van der Waals surface area contributed by atoms with Crippen LogP contribution in [0.25, 0.3) is 11.5 Å². The van der Waals surface area contributed by atoms with Crippen LogP contribution in [0.5, 0.6) is 0 Å². The van der Waals surface area contributed by atoms with Gasteiger partial charge in [-0.15, -0.1) is 0 Å². The molecule has 0 saturated carbocycles. The number of carboxylic acids is 1. The summed E-state index contributed by atoms with van der Waals surface area (Å²) in [5.74, 6) is -0.606. The predicted molar refractivity (Wildman–Crippen MR) is 73.4 cm³/mol. The summed E-state index contributed by atoms with van der Waals surface area (Å²) < 4.78 is 11.1. The molecule has 0 amide bonds. The minimum absolute atomic E-state index is 0.0744. The number of benzene rings is 1. The van der Waals surface area contributed by atoms with Gasteiger partial charge in [-0.05, 0) is 32.9 Å². The van der Waals surface area contributed by atoms with E-state index in [2.05, 4.69) is 4.98 Å². The van der Waals surface area contributed by atoms with Gasteiger partial charge in [-0.1, -0.05) is 18.2 Å². The van der Waals surface area contributed by atoms with E-state index in [4.69, 9.17) is 9.15 Å². The lowest BCUT2D eigenvalue weighted by atomic mass is 10.2. The van der Waals surface area contributed by atoms with Gasteiger partial charge in [0.2, 0.25) is 5.89 Å². The van der Waals surface area contributed by atoms with E-state index in [0.29, 0.717) is 0 Å². The third-order valence-corrected chi connectivity index (χ3v) is 2.56. The summed E-state index contributed by atoms with van der Waals surface area (Å²) in [5, 5.41) is 9.18. The molecule has 20 heavy (non-hydrogen) atoms. The molecule has 0 saturated heterocycles. The predicted octanol–water partition coefficient (Wildman–Crippen LogP) is 3.35. The third-order valence-electron chi connectivity index (χ3n) is 2.56. The van der Waals surface area contributed by atoms with Gasteiger partial charge < -0.3 is 14.3 Å². The topological polar surface area (TPSA) is 72.6 Å². The first kappa shape index (κ1) is 14.3. The van der Waals surface area contributed by atoms with Gasteiger partial charge in [-0.3, -0.25) is 0 Å². The fourth-order valence-electron chi connectivity index (χ4n) is 1.60. The molecule has 0 aliphatic rings. The van der Waals surface area contributed by atoms with E-state index < -0.39 is 5.97 Å². The maximum atomic E-state index is 11.2. The van der Waals surface area contributed by atoms with E-state index in [1.807, 2.05) is 51.1 Å². The normalized spacial score (nSPS) is 11.6. The molecule has 0 atom stereocenters. The number of carboxylic acid groups (broad SMARTS) is 1. The molecule has 0 fully saturated rings. The SMILES string of the molecule is CC(C)(C)OCc1oc(-c2ccccc2)nc1C(=O)O. The molecule has 5 heteroatoms. The molecular weight excluding hydrogens is 258 g/mol. The molecule has 5 nitrogen and oxygen atoms in total. The van der Waals surface area contributed by atoms with Gasteiger partial charge in [0.1, 0.15) is 6.61 Å². The molecule has 2 aromatic rings. The van der Waals surface area contributed by atoms with Crippen molar-refractivity contribution in [3.63, 3.8) is 0 Å². The summed E-state index contributed by atoms with van der Waals surface area (Å²) in [6.45, 7) is 5.75. The van der Waals surface area contributed by atoms with Crippen molar-refractivity contribution in [1.82, 2.24) is 4.98 Å². The number of nitrogens with zero attached hydrogens (tertiary/aromatic N) is 1. The molecular formula is C15H17NO4. The first-order chi connectivity index (χ1) is 9.37. The second kappa shape index (κ2) is 5.46. The van der Waals surface area contributed by atoms with Gasteiger partial charge in [0.05, 0.1) is 5.60 Å². The first-order valence-corrected chi connectivity index (χ1v) is 6.29. The Bertz CT molecular complexity index is 596. The minimum atomic E-state index is -1.12. The van der Waals surface area contributed by atoms with Gasteiger partial charge in [0.25, 0.3) is 0 Å². The molecule has 1 aromatic carbocycles. The van der Waals surface area contributed by atoms with Gasteiger partial charge >= 0.3 is 5.97 Å². The molecule has 0 spiro atoms. The zero-order valence-electron chi connectivity index (χ0n) is 11.7. The summed E-state index contributed by atoms with van der Waals surface area (Å²) in [6, 6.07) is 9.17. The number of aromatic carboxylic acids is 1. The standard InChI is InChI=1S/C15H17NO4/c1-15(2,3)19-9-11-12(14(17)18)16-13(20-11)10-7-5-4-6-8-10/h4-8H,9H2,1-3H3,(H,17,18). The zero-order valence-corrected chi connectivity index (χ0v) is 11.7. The number of hydrogen-bond donors (Lipinski definition) is 1. The molecule has 0 aliphatic carbocycles. The lowest BCUT2D eigenvalue weighted by Gasteiger charge is -2.18. The highest BCUT2D eigenvalue weighted by Gasteiger charge is 2.22. The summed E-state index contributed by atoms with van der Waals surface area (Å²) in [4.78, 5) is 15.2. The van der Waals surface area contributed by atoms with E-state index in [1.54, 1.807) is 0 Å². The van der Waals surface area contributed by atoms with Crippen LogP contribution in [0.15, 0.2) is 34.7 Å². The number of hydrogen-bond acceptors (Lipinski definition) is 4. The molecule has 0 aliphatic heterocycles. The molecule has 2 rings (SSSR count). The van der Waals surface area contributed by atoms with E-state index in [0.717, 1.165) is 5.56 Å². The monoisotopic (exact) mass is 275 g/mol. The molecule has 0 unspecified atom stereocenters. The highest BCUT2D eigenvalue weighted by atomic mass is 16.5. The summed E-state index contributed by atoms with van der Waals surface area (Å²) in [7, 11) is 0. The van der Waals surface area contributed by atoms with Crippen molar-refractivity contribution in [3.05, 3.63) is 41.8 Å². The van der Waals surface area contributed by atoms with Crippen molar-refractivity contribution in [2.24, 2.45) is 0 Å². The lowest BCUT2D eigenvalue weighted by molar-refractivity contribution is -0.0227. The fraction of sp³-hybridized carbons (Fsp3) is 0.333. The van der Waals surface area contributed by atoms with Crippen LogP contribution < -0.4 is 0 Å². The Hall–Kier alpha value is -2.14. The molecule has 0 radical (unpaired) electrons. The molecule has 1 aromatic heterocycles. The van der Waals surface area contributed by atoms with Crippen LogP contribution in [-0.4, -0.2) is 21.7 Å². The quantitative estimate of drug-likeness (QED) is 0.926. The van der Waals surface area contributed by atoms with Crippen LogP contribution in [0.1, 0.15) is 37.0 Å². The first-order valence-electron chi connectivity index (χ1n) is 6.29. The van der Waals surface area contributed by atoms with Gasteiger partial charge in [0.15, 0.2) is 11.5 Å². The smallest absolute Gasteiger partial charge is 0.358 e. The van der Waals surface area contributed by atoms with Crippen LogP contribution in [0.3, 0.4) is 0 Å². The van der Waals surface area contributed by atoms with E-state index >= 15 is 0 Å². The lowest BCUT2D eigenvalue weighted by Crippen LogP contribution is -2.19. The maximum Gasteiger partial charge on any atom is 0.358 e. The van der Waals surface area contributed by atoms with Crippen LogP contribution in [0, 0.1) is 0 Å². The van der Waals surface area contributed by atoms with Crippen LogP contribution in [-0.2, 0) is 11.3 Å². The van der Waals surface area contributed by atoms with Crippen molar-refractivity contribution < 1.29 is 19.1 Å².